The van der Waals surface area contributed by atoms with Gasteiger partial charge in [-0.3, -0.25) is 4.79 Å². The number of hydrogen-bond acceptors (Lipinski definition) is 2. The van der Waals surface area contributed by atoms with Crippen LogP contribution in [0.1, 0.15) is 51.9 Å². The van der Waals surface area contributed by atoms with Crippen molar-refractivity contribution in [2.24, 2.45) is 5.41 Å². The van der Waals surface area contributed by atoms with E-state index in [0.717, 1.165) is 25.7 Å². The highest BCUT2D eigenvalue weighted by molar-refractivity contribution is 5.78. The summed E-state index contributed by atoms with van der Waals surface area (Å²) in [6.07, 6.45) is 10.6. The third kappa shape index (κ3) is 4.44. The second kappa shape index (κ2) is 7.78. The standard InChI is InChI=1S/C15H24N2O3/c1-3-8-12(4-2)17-14(20)16-11-15(13(18)19)9-6-5-7-10-15/h1,12H,4-11H2,2H3,(H,18,19)(H2,16,17,20). The molecule has 0 spiro atoms. The van der Waals surface area contributed by atoms with Crippen LogP contribution in [0.15, 0.2) is 0 Å². The molecule has 0 aromatic carbocycles. The number of terminal acetylenes is 1. The van der Waals surface area contributed by atoms with E-state index in [1.54, 1.807) is 0 Å². The van der Waals surface area contributed by atoms with Gasteiger partial charge < -0.3 is 15.7 Å². The maximum absolute atomic E-state index is 11.8. The maximum atomic E-state index is 11.8. The number of rotatable bonds is 6. The summed E-state index contributed by atoms with van der Waals surface area (Å²) in [5, 5.41) is 14.9. The molecule has 20 heavy (non-hydrogen) atoms. The topological polar surface area (TPSA) is 78.4 Å². The molecule has 5 nitrogen and oxygen atoms in total. The Kier molecular flexibility index (Phi) is 6.37. The Bertz CT molecular complexity index is 381. The molecule has 1 saturated carbocycles. The van der Waals surface area contributed by atoms with Gasteiger partial charge in [-0.05, 0) is 19.3 Å². The minimum absolute atomic E-state index is 0.0628. The molecule has 0 radical (unpaired) electrons. The summed E-state index contributed by atoms with van der Waals surface area (Å²) in [5.41, 5.74) is -0.802. The molecule has 1 fully saturated rings. The lowest BCUT2D eigenvalue weighted by atomic mass is 9.74. The van der Waals surface area contributed by atoms with Crippen LogP contribution < -0.4 is 10.6 Å². The van der Waals surface area contributed by atoms with Gasteiger partial charge in [0, 0.05) is 19.0 Å². The Hall–Kier alpha value is -1.70. The third-order valence-electron chi connectivity index (χ3n) is 4.04. The van der Waals surface area contributed by atoms with Gasteiger partial charge in [-0.2, -0.15) is 0 Å². The summed E-state index contributed by atoms with van der Waals surface area (Å²) in [7, 11) is 0. The van der Waals surface area contributed by atoms with Crippen LogP contribution in [0.3, 0.4) is 0 Å². The number of carboxylic acids is 1. The molecule has 0 aromatic heterocycles. The fourth-order valence-corrected chi connectivity index (χ4v) is 2.62. The van der Waals surface area contributed by atoms with Crippen molar-refractivity contribution in [1.82, 2.24) is 10.6 Å². The summed E-state index contributed by atoms with van der Waals surface area (Å²) in [6.45, 7) is 2.13. The number of carboxylic acid groups (broad SMARTS) is 1. The van der Waals surface area contributed by atoms with Crippen LogP contribution >= 0.6 is 0 Å². The first-order valence-electron chi connectivity index (χ1n) is 7.25. The summed E-state index contributed by atoms with van der Waals surface area (Å²) in [4.78, 5) is 23.3. The summed E-state index contributed by atoms with van der Waals surface area (Å²) >= 11 is 0. The molecule has 5 heteroatoms. The summed E-state index contributed by atoms with van der Waals surface area (Å²) in [6, 6.07) is -0.398. The Morgan fingerprint density at radius 1 is 1.35 bits per heavy atom. The molecule has 1 rings (SSSR count). The zero-order valence-electron chi connectivity index (χ0n) is 12.1. The summed E-state index contributed by atoms with van der Waals surface area (Å²) < 4.78 is 0. The van der Waals surface area contributed by atoms with Crippen LogP contribution in [0.4, 0.5) is 4.79 Å². The van der Waals surface area contributed by atoms with E-state index in [-0.39, 0.29) is 18.6 Å². The van der Waals surface area contributed by atoms with Gasteiger partial charge >= 0.3 is 12.0 Å². The van der Waals surface area contributed by atoms with Crippen molar-refractivity contribution in [2.45, 2.75) is 57.9 Å². The number of amides is 2. The lowest BCUT2D eigenvalue weighted by Crippen LogP contribution is -2.49. The molecule has 112 valence electrons. The SMILES string of the molecule is C#CCC(CC)NC(=O)NCC1(C(=O)O)CCCCC1. The maximum Gasteiger partial charge on any atom is 0.315 e. The van der Waals surface area contributed by atoms with E-state index < -0.39 is 11.4 Å². The van der Waals surface area contributed by atoms with Crippen molar-refractivity contribution in [2.75, 3.05) is 6.54 Å². The Morgan fingerprint density at radius 3 is 2.50 bits per heavy atom. The monoisotopic (exact) mass is 280 g/mol. The van der Waals surface area contributed by atoms with Crippen LogP contribution in [0.2, 0.25) is 0 Å². The van der Waals surface area contributed by atoms with Crippen LogP contribution in [0.5, 0.6) is 0 Å². The first-order chi connectivity index (χ1) is 9.54. The van der Waals surface area contributed by atoms with Crippen LogP contribution in [-0.2, 0) is 4.79 Å². The molecule has 1 aliphatic rings. The average molecular weight is 280 g/mol. The minimum atomic E-state index is -0.812. The first-order valence-corrected chi connectivity index (χ1v) is 7.25. The van der Waals surface area contributed by atoms with Crippen molar-refractivity contribution in [1.29, 1.82) is 0 Å². The minimum Gasteiger partial charge on any atom is -0.481 e. The molecule has 0 heterocycles. The molecular formula is C15H24N2O3. The zero-order valence-corrected chi connectivity index (χ0v) is 12.1. The van der Waals surface area contributed by atoms with Crippen molar-refractivity contribution >= 4 is 12.0 Å². The fraction of sp³-hybridized carbons (Fsp3) is 0.733. The van der Waals surface area contributed by atoms with E-state index in [1.807, 2.05) is 6.92 Å². The Labute approximate surface area is 120 Å². The smallest absolute Gasteiger partial charge is 0.315 e. The number of nitrogens with one attached hydrogen (secondary N) is 2. The number of hydrogen-bond donors (Lipinski definition) is 3. The van der Waals surface area contributed by atoms with E-state index in [2.05, 4.69) is 16.6 Å². The fourth-order valence-electron chi connectivity index (χ4n) is 2.62. The van der Waals surface area contributed by atoms with Crippen molar-refractivity contribution in [3.8, 4) is 12.3 Å². The quantitative estimate of drug-likeness (QED) is 0.652. The van der Waals surface area contributed by atoms with Crippen LogP contribution in [0, 0.1) is 17.8 Å². The molecule has 1 aliphatic carbocycles. The molecule has 0 bridgehead atoms. The van der Waals surface area contributed by atoms with E-state index >= 15 is 0 Å². The second-order valence-electron chi connectivity index (χ2n) is 5.49. The molecule has 2 amide bonds. The molecular weight excluding hydrogens is 256 g/mol. The zero-order chi connectivity index (χ0) is 15.0. The molecule has 0 saturated heterocycles. The van der Waals surface area contributed by atoms with Gasteiger partial charge in [0.15, 0.2) is 0 Å². The highest BCUT2D eigenvalue weighted by Crippen LogP contribution is 2.35. The van der Waals surface area contributed by atoms with E-state index in [4.69, 9.17) is 6.42 Å². The van der Waals surface area contributed by atoms with Crippen LogP contribution in [-0.4, -0.2) is 29.7 Å². The third-order valence-corrected chi connectivity index (χ3v) is 4.04. The van der Waals surface area contributed by atoms with Gasteiger partial charge in [-0.25, -0.2) is 4.79 Å². The predicted molar refractivity (Wildman–Crippen MR) is 77.2 cm³/mol. The number of carbonyl (C=O) groups is 2. The highest BCUT2D eigenvalue weighted by atomic mass is 16.4. The Balaban J connectivity index is 2.49. The van der Waals surface area contributed by atoms with Crippen molar-refractivity contribution in [3.63, 3.8) is 0 Å². The summed E-state index contributed by atoms with van der Waals surface area (Å²) in [5.74, 6) is 1.71. The Morgan fingerprint density at radius 2 is 2.00 bits per heavy atom. The molecule has 3 N–H and O–H groups in total. The van der Waals surface area contributed by atoms with Gasteiger partial charge in [-0.15, -0.1) is 12.3 Å². The van der Waals surface area contributed by atoms with Gasteiger partial charge in [0.1, 0.15) is 0 Å². The molecule has 0 aromatic rings. The van der Waals surface area contributed by atoms with Crippen molar-refractivity contribution < 1.29 is 14.7 Å². The van der Waals surface area contributed by atoms with Gasteiger partial charge in [0.05, 0.1) is 5.41 Å². The van der Waals surface area contributed by atoms with Gasteiger partial charge in [-0.1, -0.05) is 26.2 Å². The first kappa shape index (κ1) is 16.4. The van der Waals surface area contributed by atoms with E-state index in [1.165, 1.54) is 0 Å². The van der Waals surface area contributed by atoms with Crippen LogP contribution in [0.25, 0.3) is 0 Å². The molecule has 0 aliphatic heterocycles. The normalized spacial score (nSPS) is 18.6. The van der Waals surface area contributed by atoms with Gasteiger partial charge in [0.25, 0.3) is 0 Å². The lowest BCUT2D eigenvalue weighted by molar-refractivity contribution is -0.150. The lowest BCUT2D eigenvalue weighted by Gasteiger charge is -2.33. The highest BCUT2D eigenvalue weighted by Gasteiger charge is 2.39. The second-order valence-corrected chi connectivity index (χ2v) is 5.49. The number of urea groups is 1. The molecule has 1 unspecified atom stereocenters. The number of aliphatic carboxylic acids is 1. The van der Waals surface area contributed by atoms with E-state index in [9.17, 15) is 14.7 Å². The number of carbonyl (C=O) groups excluding carboxylic acids is 1. The van der Waals surface area contributed by atoms with Crippen molar-refractivity contribution in [3.05, 3.63) is 0 Å². The average Bonchev–Trinajstić information content (AvgIpc) is 2.45. The predicted octanol–water partition coefficient (Wildman–Crippen LogP) is 2.12. The largest absolute Gasteiger partial charge is 0.481 e. The van der Waals surface area contributed by atoms with E-state index in [0.29, 0.717) is 19.3 Å². The van der Waals surface area contributed by atoms with Gasteiger partial charge in [0.2, 0.25) is 0 Å². The molecule has 1 atom stereocenters.